The van der Waals surface area contributed by atoms with E-state index in [-0.39, 0.29) is 12.4 Å². The quantitative estimate of drug-likeness (QED) is 0.689. The van der Waals surface area contributed by atoms with E-state index < -0.39 is 5.60 Å². The summed E-state index contributed by atoms with van der Waals surface area (Å²) in [6, 6.07) is 3.68. The summed E-state index contributed by atoms with van der Waals surface area (Å²) in [4.78, 5) is 11.5. The summed E-state index contributed by atoms with van der Waals surface area (Å²) >= 11 is 6.91. The van der Waals surface area contributed by atoms with Crippen LogP contribution < -0.4 is 9.47 Å². The number of hydrogen-bond acceptors (Lipinski definition) is 4. The molecule has 0 atom stereocenters. The fourth-order valence-electron chi connectivity index (χ4n) is 2.20. The topological polar surface area (TPSA) is 44.8 Å². The molecule has 6 heteroatoms. The summed E-state index contributed by atoms with van der Waals surface area (Å²) in [5.74, 6) is 1.18. The number of ether oxygens (including phenoxy) is 3. The zero-order valence-electron chi connectivity index (χ0n) is 11.4. The van der Waals surface area contributed by atoms with Crippen LogP contribution >= 0.6 is 31.9 Å². The Bertz CT molecular complexity index is 512. The maximum absolute atomic E-state index is 11.5. The van der Waals surface area contributed by atoms with Crippen LogP contribution in [0.4, 0.5) is 0 Å². The van der Waals surface area contributed by atoms with Gasteiger partial charge in [-0.1, -0.05) is 0 Å². The molecule has 1 fully saturated rings. The number of carbonyl (C=O) groups is 1. The smallest absolute Gasteiger partial charge is 0.309 e. The van der Waals surface area contributed by atoms with Crippen LogP contribution in [0.15, 0.2) is 21.1 Å². The third-order valence-electron chi connectivity index (χ3n) is 3.49. The van der Waals surface area contributed by atoms with Gasteiger partial charge in [0.2, 0.25) is 0 Å². The Morgan fingerprint density at radius 3 is 2.30 bits per heavy atom. The summed E-state index contributed by atoms with van der Waals surface area (Å²) in [6.07, 6.45) is 3.06. The van der Waals surface area contributed by atoms with E-state index in [1.54, 1.807) is 7.11 Å². The molecular weight excluding hydrogens is 392 g/mol. The molecular formula is C14H16Br2O4. The van der Waals surface area contributed by atoms with Gasteiger partial charge >= 0.3 is 5.97 Å². The van der Waals surface area contributed by atoms with Crippen LogP contribution in [0.2, 0.25) is 0 Å². The minimum Gasteiger partial charge on any atom is -0.496 e. The number of methoxy groups -OCH3 is 2. The summed E-state index contributed by atoms with van der Waals surface area (Å²) < 4.78 is 17.7. The van der Waals surface area contributed by atoms with Gasteiger partial charge in [-0.25, -0.2) is 0 Å². The molecule has 0 heterocycles. The Balaban J connectivity index is 2.20. The molecule has 1 aromatic rings. The second-order valence-electron chi connectivity index (χ2n) is 4.81. The van der Waals surface area contributed by atoms with Gasteiger partial charge in [0.25, 0.3) is 0 Å². The van der Waals surface area contributed by atoms with E-state index in [1.165, 1.54) is 7.11 Å². The molecule has 0 aromatic heterocycles. The van der Waals surface area contributed by atoms with E-state index in [9.17, 15) is 4.79 Å². The Hall–Kier alpha value is -0.750. The highest BCUT2D eigenvalue weighted by Crippen LogP contribution is 2.44. The number of halogens is 2. The molecule has 1 aliphatic rings. The maximum atomic E-state index is 11.5. The van der Waals surface area contributed by atoms with E-state index >= 15 is 0 Å². The van der Waals surface area contributed by atoms with Crippen molar-refractivity contribution in [1.29, 1.82) is 0 Å². The lowest BCUT2D eigenvalue weighted by Crippen LogP contribution is -2.45. The Morgan fingerprint density at radius 1 is 1.20 bits per heavy atom. The van der Waals surface area contributed by atoms with Gasteiger partial charge < -0.3 is 14.2 Å². The van der Waals surface area contributed by atoms with E-state index in [0.29, 0.717) is 5.75 Å². The van der Waals surface area contributed by atoms with Gasteiger partial charge in [-0.15, -0.1) is 0 Å². The number of hydrogen-bond donors (Lipinski definition) is 0. The van der Waals surface area contributed by atoms with Crippen LogP contribution in [0.25, 0.3) is 0 Å². The van der Waals surface area contributed by atoms with E-state index in [1.807, 2.05) is 12.1 Å². The van der Waals surface area contributed by atoms with Crippen molar-refractivity contribution in [2.45, 2.75) is 31.3 Å². The first-order valence-corrected chi connectivity index (χ1v) is 7.87. The molecule has 0 amide bonds. The van der Waals surface area contributed by atoms with Crippen molar-refractivity contribution in [3.8, 4) is 11.5 Å². The molecule has 1 saturated carbocycles. The molecule has 0 N–H and O–H groups in total. The highest BCUT2D eigenvalue weighted by molar-refractivity contribution is 9.11. The van der Waals surface area contributed by atoms with E-state index in [0.717, 1.165) is 34.0 Å². The van der Waals surface area contributed by atoms with E-state index in [4.69, 9.17) is 14.2 Å². The highest BCUT2D eigenvalue weighted by atomic mass is 79.9. The van der Waals surface area contributed by atoms with Crippen molar-refractivity contribution in [2.75, 3.05) is 14.2 Å². The lowest BCUT2D eigenvalue weighted by atomic mass is 9.77. The third kappa shape index (κ3) is 3.28. The Morgan fingerprint density at radius 2 is 1.80 bits per heavy atom. The summed E-state index contributed by atoms with van der Waals surface area (Å²) in [5.41, 5.74) is -0.441. The van der Waals surface area contributed by atoms with Gasteiger partial charge in [-0.05, 0) is 63.3 Å². The number of esters is 1. The fourth-order valence-corrected chi connectivity index (χ4v) is 3.09. The average molecular weight is 408 g/mol. The molecule has 0 radical (unpaired) electrons. The summed E-state index contributed by atoms with van der Waals surface area (Å²) in [6.45, 7) is 0. The molecule has 110 valence electrons. The van der Waals surface area contributed by atoms with Crippen molar-refractivity contribution >= 4 is 37.8 Å². The van der Waals surface area contributed by atoms with Crippen LogP contribution in [0, 0.1) is 0 Å². The van der Waals surface area contributed by atoms with Crippen molar-refractivity contribution in [1.82, 2.24) is 0 Å². The zero-order chi connectivity index (χ0) is 14.8. The van der Waals surface area contributed by atoms with Crippen LogP contribution in [-0.4, -0.2) is 25.8 Å². The first-order chi connectivity index (χ1) is 9.49. The number of rotatable bonds is 5. The van der Waals surface area contributed by atoms with Crippen molar-refractivity contribution in [3.63, 3.8) is 0 Å². The van der Waals surface area contributed by atoms with Gasteiger partial charge in [0, 0.05) is 0 Å². The molecule has 4 nitrogen and oxygen atoms in total. The lowest BCUT2D eigenvalue weighted by molar-refractivity contribution is -0.148. The monoisotopic (exact) mass is 406 g/mol. The maximum Gasteiger partial charge on any atom is 0.309 e. The number of benzene rings is 1. The summed E-state index contributed by atoms with van der Waals surface area (Å²) in [5, 5.41) is 0. The van der Waals surface area contributed by atoms with Gasteiger partial charge in [-0.3, -0.25) is 4.79 Å². The van der Waals surface area contributed by atoms with Gasteiger partial charge in [-0.2, -0.15) is 0 Å². The molecule has 0 spiro atoms. The molecule has 0 bridgehead atoms. The standard InChI is InChI=1S/C14H16Br2O4/c1-18-11-6-10(16)12(7-9(11)15)20-14(4-3-5-14)8-13(17)19-2/h6-7H,3-5,8H2,1-2H3. The predicted molar refractivity (Wildman–Crippen MR) is 82.2 cm³/mol. The first-order valence-electron chi connectivity index (χ1n) is 6.28. The minimum atomic E-state index is -0.441. The largest absolute Gasteiger partial charge is 0.496 e. The Kier molecular flexibility index (Phi) is 4.96. The molecule has 1 aliphatic carbocycles. The predicted octanol–water partition coefficient (Wildman–Crippen LogP) is 4.08. The van der Waals surface area contributed by atoms with Gasteiger partial charge in [0.15, 0.2) is 0 Å². The molecule has 20 heavy (non-hydrogen) atoms. The van der Waals surface area contributed by atoms with Gasteiger partial charge in [0.1, 0.15) is 17.1 Å². The van der Waals surface area contributed by atoms with Crippen molar-refractivity contribution in [3.05, 3.63) is 21.1 Å². The summed E-state index contributed by atoms with van der Waals surface area (Å²) in [7, 11) is 3.01. The zero-order valence-corrected chi connectivity index (χ0v) is 14.5. The van der Waals surface area contributed by atoms with Crippen molar-refractivity contribution < 1.29 is 19.0 Å². The number of carbonyl (C=O) groups excluding carboxylic acids is 1. The molecule has 1 aromatic carbocycles. The van der Waals surface area contributed by atoms with E-state index in [2.05, 4.69) is 31.9 Å². The highest BCUT2D eigenvalue weighted by Gasteiger charge is 2.42. The van der Waals surface area contributed by atoms with Crippen LogP contribution in [-0.2, 0) is 9.53 Å². The first kappa shape index (κ1) is 15.6. The molecule has 0 saturated heterocycles. The second kappa shape index (κ2) is 6.35. The van der Waals surface area contributed by atoms with Crippen LogP contribution in [0.3, 0.4) is 0 Å². The third-order valence-corrected chi connectivity index (χ3v) is 4.73. The molecule has 2 rings (SSSR count). The van der Waals surface area contributed by atoms with Crippen molar-refractivity contribution in [2.24, 2.45) is 0 Å². The second-order valence-corrected chi connectivity index (χ2v) is 6.52. The normalized spacial score (nSPS) is 16.2. The Labute approximate surface area is 135 Å². The minimum absolute atomic E-state index is 0.242. The average Bonchev–Trinajstić information content (AvgIpc) is 2.39. The fraction of sp³-hybridized carbons (Fsp3) is 0.500. The van der Waals surface area contributed by atoms with Crippen LogP contribution in [0.1, 0.15) is 25.7 Å². The SMILES string of the molecule is COC(=O)CC1(Oc2cc(Br)c(OC)cc2Br)CCC1. The van der Waals surface area contributed by atoms with Crippen LogP contribution in [0.5, 0.6) is 11.5 Å². The lowest BCUT2D eigenvalue weighted by Gasteiger charge is -2.41. The van der Waals surface area contributed by atoms with Gasteiger partial charge in [0.05, 0.1) is 29.6 Å². The molecule has 0 unspecified atom stereocenters. The molecule has 0 aliphatic heterocycles.